The summed E-state index contributed by atoms with van der Waals surface area (Å²) >= 11 is 0. The van der Waals surface area contributed by atoms with Crippen molar-refractivity contribution >= 4 is 5.91 Å². The molecule has 2 fully saturated rings. The van der Waals surface area contributed by atoms with Gasteiger partial charge in [-0.2, -0.15) is 0 Å². The van der Waals surface area contributed by atoms with Gasteiger partial charge < -0.3 is 4.90 Å². The van der Waals surface area contributed by atoms with E-state index >= 15 is 0 Å². The highest BCUT2D eigenvalue weighted by Crippen LogP contribution is 2.30. The Bertz CT molecular complexity index is 817. The predicted molar refractivity (Wildman–Crippen MR) is 119 cm³/mol. The molecule has 1 aliphatic carbocycles. The van der Waals surface area contributed by atoms with Crippen molar-refractivity contribution in [2.24, 2.45) is 5.92 Å². The molecule has 1 amide bonds. The Kier molecular flexibility index (Phi) is 6.34. The minimum Gasteiger partial charge on any atom is -0.343 e. The molecule has 0 spiro atoms. The molecule has 29 heavy (non-hydrogen) atoms. The number of piperidine rings is 1. The monoisotopic (exact) mass is 390 g/mol. The number of hydrogen-bond acceptors (Lipinski definition) is 2. The fourth-order valence-corrected chi connectivity index (χ4v) is 4.60. The Morgan fingerprint density at radius 2 is 1.59 bits per heavy atom. The SMILES string of the molecule is CC(=O)N1CCC(Cc2ccc(CN(Cc3cccc(C)c3)C3CC3)cc2)CC1. The van der Waals surface area contributed by atoms with Crippen LogP contribution < -0.4 is 0 Å². The summed E-state index contributed by atoms with van der Waals surface area (Å²) in [5, 5.41) is 0. The normalized spacial score (nSPS) is 17.7. The first-order valence-electron chi connectivity index (χ1n) is 11.2. The molecule has 154 valence electrons. The number of benzene rings is 2. The van der Waals surface area contributed by atoms with Crippen molar-refractivity contribution in [2.45, 2.75) is 65.1 Å². The van der Waals surface area contributed by atoms with Gasteiger partial charge in [0.2, 0.25) is 5.91 Å². The molecule has 0 bridgehead atoms. The molecule has 4 rings (SSSR count). The van der Waals surface area contributed by atoms with Crippen molar-refractivity contribution in [2.75, 3.05) is 13.1 Å². The number of amides is 1. The first-order valence-corrected chi connectivity index (χ1v) is 11.2. The molecule has 0 radical (unpaired) electrons. The minimum absolute atomic E-state index is 0.221. The van der Waals surface area contributed by atoms with Crippen molar-refractivity contribution in [3.05, 3.63) is 70.8 Å². The van der Waals surface area contributed by atoms with E-state index in [1.54, 1.807) is 6.92 Å². The molecule has 2 aromatic carbocycles. The van der Waals surface area contributed by atoms with Gasteiger partial charge in [-0.25, -0.2) is 0 Å². The topological polar surface area (TPSA) is 23.6 Å². The Labute approximate surface area is 175 Å². The van der Waals surface area contributed by atoms with Gasteiger partial charge in [0.25, 0.3) is 0 Å². The van der Waals surface area contributed by atoms with Crippen LogP contribution in [-0.2, 0) is 24.3 Å². The standard InChI is InChI=1S/C26H34N2O/c1-20-4-3-5-25(16-20)19-28(26-10-11-26)18-24-8-6-22(7-9-24)17-23-12-14-27(15-13-23)21(2)29/h3-9,16,23,26H,10-15,17-19H2,1-2H3. The second kappa shape index (κ2) is 9.13. The highest BCUT2D eigenvalue weighted by Gasteiger charge is 2.29. The molecule has 0 aromatic heterocycles. The molecular weight excluding hydrogens is 356 g/mol. The lowest BCUT2D eigenvalue weighted by atomic mass is 9.90. The minimum atomic E-state index is 0.221. The number of carbonyl (C=O) groups excluding carboxylic acids is 1. The van der Waals surface area contributed by atoms with Gasteiger partial charge in [0, 0.05) is 39.1 Å². The second-order valence-corrected chi connectivity index (χ2v) is 9.10. The van der Waals surface area contributed by atoms with Gasteiger partial charge >= 0.3 is 0 Å². The van der Waals surface area contributed by atoms with Crippen LogP contribution in [-0.4, -0.2) is 34.8 Å². The second-order valence-electron chi connectivity index (χ2n) is 9.10. The number of aryl methyl sites for hydroxylation is 1. The number of carbonyl (C=O) groups is 1. The van der Waals surface area contributed by atoms with Crippen LogP contribution in [0, 0.1) is 12.8 Å². The smallest absolute Gasteiger partial charge is 0.219 e. The van der Waals surface area contributed by atoms with Crippen LogP contribution >= 0.6 is 0 Å². The predicted octanol–water partition coefficient (Wildman–Crippen LogP) is 4.96. The Hall–Kier alpha value is -2.13. The van der Waals surface area contributed by atoms with Gasteiger partial charge in [-0.15, -0.1) is 0 Å². The summed E-state index contributed by atoms with van der Waals surface area (Å²) in [6, 6.07) is 19.0. The summed E-state index contributed by atoms with van der Waals surface area (Å²) in [7, 11) is 0. The molecule has 1 heterocycles. The fourth-order valence-electron chi connectivity index (χ4n) is 4.60. The highest BCUT2D eigenvalue weighted by atomic mass is 16.2. The lowest BCUT2D eigenvalue weighted by Gasteiger charge is -2.31. The zero-order valence-electron chi connectivity index (χ0n) is 17.9. The molecule has 1 saturated heterocycles. The van der Waals surface area contributed by atoms with Gasteiger partial charge in [0.15, 0.2) is 0 Å². The van der Waals surface area contributed by atoms with Gasteiger partial charge in [-0.3, -0.25) is 9.69 Å². The van der Waals surface area contributed by atoms with Crippen LogP contribution in [0.2, 0.25) is 0 Å². The maximum atomic E-state index is 11.5. The van der Waals surface area contributed by atoms with E-state index in [1.807, 2.05) is 4.90 Å². The van der Waals surface area contributed by atoms with Gasteiger partial charge in [0.1, 0.15) is 0 Å². The Balaban J connectivity index is 1.32. The van der Waals surface area contributed by atoms with E-state index in [4.69, 9.17) is 0 Å². The number of rotatable bonds is 7. The van der Waals surface area contributed by atoms with E-state index in [1.165, 1.54) is 35.1 Å². The lowest BCUT2D eigenvalue weighted by Crippen LogP contribution is -2.37. The number of hydrogen-bond donors (Lipinski definition) is 0. The van der Waals surface area contributed by atoms with Crippen molar-refractivity contribution < 1.29 is 4.79 Å². The van der Waals surface area contributed by atoms with Crippen LogP contribution in [0.1, 0.15) is 54.9 Å². The van der Waals surface area contributed by atoms with Crippen LogP contribution in [0.15, 0.2) is 48.5 Å². The van der Waals surface area contributed by atoms with Crippen molar-refractivity contribution in [1.82, 2.24) is 9.80 Å². The molecule has 1 aliphatic heterocycles. The van der Waals surface area contributed by atoms with Crippen LogP contribution in [0.4, 0.5) is 0 Å². The number of likely N-dealkylation sites (tertiary alicyclic amines) is 1. The first-order chi connectivity index (χ1) is 14.1. The molecule has 3 heteroatoms. The fraction of sp³-hybridized carbons (Fsp3) is 0.500. The summed E-state index contributed by atoms with van der Waals surface area (Å²) < 4.78 is 0. The van der Waals surface area contributed by atoms with Crippen LogP contribution in [0.3, 0.4) is 0 Å². The van der Waals surface area contributed by atoms with Gasteiger partial charge in [0.05, 0.1) is 0 Å². The molecule has 2 aliphatic rings. The number of nitrogens with zero attached hydrogens (tertiary/aromatic N) is 2. The van der Waals surface area contributed by atoms with E-state index < -0.39 is 0 Å². The summed E-state index contributed by atoms with van der Waals surface area (Å²) in [6.45, 7) is 7.79. The third-order valence-electron chi connectivity index (χ3n) is 6.52. The summed E-state index contributed by atoms with van der Waals surface area (Å²) in [5.41, 5.74) is 5.62. The molecule has 0 atom stereocenters. The van der Waals surface area contributed by atoms with Gasteiger partial charge in [-0.05, 0) is 61.6 Å². The van der Waals surface area contributed by atoms with E-state index in [0.29, 0.717) is 5.92 Å². The molecule has 0 unspecified atom stereocenters. The average Bonchev–Trinajstić information content (AvgIpc) is 3.55. The summed E-state index contributed by atoms with van der Waals surface area (Å²) in [5.74, 6) is 0.930. The Morgan fingerprint density at radius 3 is 2.21 bits per heavy atom. The zero-order chi connectivity index (χ0) is 20.2. The third-order valence-corrected chi connectivity index (χ3v) is 6.52. The van der Waals surface area contributed by atoms with E-state index in [2.05, 4.69) is 60.4 Å². The quantitative estimate of drug-likeness (QED) is 0.667. The van der Waals surface area contributed by atoms with Crippen molar-refractivity contribution in [3.63, 3.8) is 0 Å². The molecule has 1 saturated carbocycles. The van der Waals surface area contributed by atoms with E-state index in [9.17, 15) is 4.79 Å². The van der Waals surface area contributed by atoms with Crippen molar-refractivity contribution in [3.8, 4) is 0 Å². The maximum Gasteiger partial charge on any atom is 0.219 e. The molecular formula is C26H34N2O. The summed E-state index contributed by atoms with van der Waals surface area (Å²) in [6.07, 6.45) is 6.08. The largest absolute Gasteiger partial charge is 0.343 e. The van der Waals surface area contributed by atoms with E-state index in [0.717, 1.165) is 51.5 Å². The zero-order valence-corrected chi connectivity index (χ0v) is 17.9. The Morgan fingerprint density at radius 1 is 0.931 bits per heavy atom. The average molecular weight is 391 g/mol. The van der Waals surface area contributed by atoms with Crippen molar-refractivity contribution in [1.29, 1.82) is 0 Å². The molecule has 0 N–H and O–H groups in total. The summed E-state index contributed by atoms with van der Waals surface area (Å²) in [4.78, 5) is 16.1. The first kappa shape index (κ1) is 20.2. The van der Waals surface area contributed by atoms with Gasteiger partial charge in [-0.1, -0.05) is 54.1 Å². The molecule has 3 nitrogen and oxygen atoms in total. The maximum absolute atomic E-state index is 11.5. The lowest BCUT2D eigenvalue weighted by molar-refractivity contribution is -0.130. The highest BCUT2D eigenvalue weighted by molar-refractivity contribution is 5.73. The van der Waals surface area contributed by atoms with E-state index in [-0.39, 0.29) is 5.91 Å². The van der Waals surface area contributed by atoms with Crippen LogP contribution in [0.25, 0.3) is 0 Å². The molecule has 2 aromatic rings. The van der Waals surface area contributed by atoms with Crippen LogP contribution in [0.5, 0.6) is 0 Å². The third kappa shape index (κ3) is 5.70.